The molecule has 2 N–H and O–H groups in total. The van der Waals surface area contributed by atoms with Crippen LogP contribution in [0.4, 0.5) is 0 Å². The molecule has 0 unspecified atom stereocenters. The largest absolute Gasteiger partial charge is 0.393 e. The number of hydrogen-bond donors (Lipinski definition) is 2. The van der Waals surface area contributed by atoms with Gasteiger partial charge < -0.3 is 14.6 Å². The summed E-state index contributed by atoms with van der Waals surface area (Å²) >= 11 is 0. The Bertz CT molecular complexity index is 710. The lowest BCUT2D eigenvalue weighted by Gasteiger charge is -2.20. The Hall–Kier alpha value is -2.30. The van der Waals surface area contributed by atoms with Crippen LogP contribution >= 0.6 is 0 Å². The summed E-state index contributed by atoms with van der Waals surface area (Å²) in [5.74, 6) is 0. The molecule has 126 valence electrons. The number of aliphatic hydroxyl groups excluding tert-OH is 1. The number of hydrogen-bond acceptors (Lipinski definition) is 7. The van der Waals surface area contributed by atoms with E-state index in [9.17, 15) is 24.8 Å². The fourth-order valence-corrected chi connectivity index (χ4v) is 2.48. The molecule has 10 nitrogen and oxygen atoms in total. The Morgan fingerprint density at radius 1 is 1.61 bits per heavy atom. The van der Waals surface area contributed by atoms with Gasteiger partial charge in [-0.25, -0.2) is 4.79 Å². The first-order chi connectivity index (χ1) is 10.9. The van der Waals surface area contributed by atoms with Gasteiger partial charge in [-0.05, 0) is 6.92 Å². The van der Waals surface area contributed by atoms with Crippen LogP contribution in [0.5, 0.6) is 0 Å². The third-order valence-corrected chi connectivity index (χ3v) is 3.56. The number of aromatic nitrogens is 2. The van der Waals surface area contributed by atoms with Crippen LogP contribution in [0.1, 0.15) is 11.8 Å². The third kappa shape index (κ3) is 3.23. The van der Waals surface area contributed by atoms with Crippen LogP contribution in [0, 0.1) is 17.0 Å². The van der Waals surface area contributed by atoms with E-state index in [1.807, 2.05) is 0 Å². The zero-order chi connectivity index (χ0) is 17.1. The standard InChI is InChI=1S/C13H17N3O7/c1-3-4-22-10-9(16(20)21)8(6-17)23-12(10)15-5-7(2)11(18)14-13(15)19/h3,5,8-10,12,17H,1,4,6H2,2H3,(H,14,18,19)/t8-,9-,10-,12-/m1/s1. The number of aromatic amines is 1. The number of nitro groups is 1. The van der Waals surface area contributed by atoms with Crippen molar-refractivity contribution in [1.29, 1.82) is 0 Å². The molecule has 0 aromatic carbocycles. The van der Waals surface area contributed by atoms with Crippen molar-refractivity contribution < 1.29 is 19.5 Å². The van der Waals surface area contributed by atoms with Crippen molar-refractivity contribution in [3.05, 3.63) is 55.4 Å². The van der Waals surface area contributed by atoms with Gasteiger partial charge in [0.05, 0.1) is 13.2 Å². The molecule has 1 fully saturated rings. The Labute approximate surface area is 130 Å². The maximum atomic E-state index is 12.0. The van der Waals surface area contributed by atoms with E-state index in [0.29, 0.717) is 0 Å². The Kier molecular flexibility index (Phi) is 5.08. The highest BCUT2D eigenvalue weighted by molar-refractivity contribution is 5.03. The van der Waals surface area contributed by atoms with Crippen LogP contribution in [0.2, 0.25) is 0 Å². The van der Waals surface area contributed by atoms with Crippen molar-refractivity contribution in [2.24, 2.45) is 0 Å². The van der Waals surface area contributed by atoms with Crippen molar-refractivity contribution in [1.82, 2.24) is 9.55 Å². The van der Waals surface area contributed by atoms with E-state index in [-0.39, 0.29) is 12.2 Å². The summed E-state index contributed by atoms with van der Waals surface area (Å²) in [7, 11) is 0. The van der Waals surface area contributed by atoms with Crippen LogP contribution in [0.25, 0.3) is 0 Å². The van der Waals surface area contributed by atoms with Crippen molar-refractivity contribution in [3.63, 3.8) is 0 Å². The van der Waals surface area contributed by atoms with Gasteiger partial charge in [-0.2, -0.15) is 0 Å². The van der Waals surface area contributed by atoms with Crippen LogP contribution in [0.3, 0.4) is 0 Å². The summed E-state index contributed by atoms with van der Waals surface area (Å²) in [6.45, 7) is 4.35. The Morgan fingerprint density at radius 2 is 2.30 bits per heavy atom. The second-order valence-electron chi connectivity index (χ2n) is 5.09. The zero-order valence-electron chi connectivity index (χ0n) is 12.4. The molecule has 4 atom stereocenters. The molecule has 0 radical (unpaired) electrons. The molecule has 0 bridgehead atoms. The minimum absolute atomic E-state index is 0.00407. The van der Waals surface area contributed by atoms with E-state index in [1.54, 1.807) is 0 Å². The number of ether oxygens (including phenoxy) is 2. The SMILES string of the molecule is C=CCO[C@@H]1[C@H]([N+](=O)[O-])[C@@H](CO)O[C@H]1n1cc(C)c(=O)[nH]c1=O. The van der Waals surface area contributed by atoms with E-state index in [0.717, 1.165) is 4.57 Å². The number of H-pyrrole nitrogens is 1. The first-order valence-corrected chi connectivity index (χ1v) is 6.85. The molecule has 1 aliphatic heterocycles. The molecule has 0 aliphatic carbocycles. The summed E-state index contributed by atoms with van der Waals surface area (Å²) < 4.78 is 11.9. The molecule has 1 aromatic rings. The highest BCUT2D eigenvalue weighted by Crippen LogP contribution is 2.32. The average Bonchev–Trinajstić information content (AvgIpc) is 2.87. The monoisotopic (exact) mass is 327 g/mol. The summed E-state index contributed by atoms with van der Waals surface area (Å²) in [5.41, 5.74) is -1.10. The number of aliphatic hydroxyl groups is 1. The highest BCUT2D eigenvalue weighted by Gasteiger charge is 2.54. The van der Waals surface area contributed by atoms with Crippen molar-refractivity contribution >= 4 is 0 Å². The second kappa shape index (κ2) is 6.86. The van der Waals surface area contributed by atoms with Gasteiger partial charge in [0.1, 0.15) is 0 Å². The van der Waals surface area contributed by atoms with Gasteiger partial charge >= 0.3 is 5.69 Å². The molecule has 2 heterocycles. The van der Waals surface area contributed by atoms with E-state index in [2.05, 4.69) is 11.6 Å². The van der Waals surface area contributed by atoms with Crippen LogP contribution in [-0.2, 0) is 9.47 Å². The molecule has 10 heteroatoms. The summed E-state index contributed by atoms with van der Waals surface area (Å²) in [5, 5.41) is 20.6. The number of nitrogens with zero attached hydrogens (tertiary/aromatic N) is 2. The molecule has 0 spiro atoms. The highest BCUT2D eigenvalue weighted by atomic mass is 16.7. The molecule has 2 rings (SSSR count). The number of aryl methyl sites for hydroxylation is 1. The number of rotatable bonds is 6. The average molecular weight is 327 g/mol. The van der Waals surface area contributed by atoms with Crippen molar-refractivity contribution in [2.45, 2.75) is 31.4 Å². The molecular formula is C13H17N3O7. The van der Waals surface area contributed by atoms with Gasteiger partial charge in [0, 0.05) is 16.7 Å². The smallest absolute Gasteiger partial charge is 0.330 e. The molecule has 1 aliphatic rings. The molecule has 0 saturated carbocycles. The third-order valence-electron chi connectivity index (χ3n) is 3.56. The van der Waals surface area contributed by atoms with Gasteiger partial charge in [0.25, 0.3) is 11.6 Å². The minimum Gasteiger partial charge on any atom is -0.393 e. The lowest BCUT2D eigenvalue weighted by Crippen LogP contribution is -2.43. The van der Waals surface area contributed by atoms with Gasteiger partial charge in [0.15, 0.2) is 18.4 Å². The van der Waals surface area contributed by atoms with Gasteiger partial charge in [-0.15, -0.1) is 6.58 Å². The predicted octanol–water partition coefficient (Wildman–Crippen LogP) is -1.05. The Morgan fingerprint density at radius 3 is 2.87 bits per heavy atom. The van der Waals surface area contributed by atoms with Gasteiger partial charge in [-0.1, -0.05) is 6.08 Å². The lowest BCUT2D eigenvalue weighted by molar-refractivity contribution is -0.537. The first-order valence-electron chi connectivity index (χ1n) is 6.85. The molecule has 1 saturated heterocycles. The van der Waals surface area contributed by atoms with Gasteiger partial charge in [-0.3, -0.25) is 24.5 Å². The fourth-order valence-electron chi connectivity index (χ4n) is 2.48. The molecule has 1 aromatic heterocycles. The lowest BCUT2D eigenvalue weighted by atomic mass is 10.1. The normalized spacial score (nSPS) is 27.0. The topological polar surface area (TPSA) is 137 Å². The van der Waals surface area contributed by atoms with E-state index < -0.39 is 47.3 Å². The second-order valence-corrected chi connectivity index (χ2v) is 5.09. The summed E-state index contributed by atoms with van der Waals surface area (Å²) in [6, 6.07) is -1.36. The van der Waals surface area contributed by atoms with E-state index in [4.69, 9.17) is 9.47 Å². The van der Waals surface area contributed by atoms with E-state index >= 15 is 0 Å². The maximum Gasteiger partial charge on any atom is 0.330 e. The molecular weight excluding hydrogens is 310 g/mol. The first kappa shape index (κ1) is 17.1. The summed E-state index contributed by atoms with van der Waals surface area (Å²) in [4.78, 5) is 36.2. The molecule has 0 amide bonds. The van der Waals surface area contributed by atoms with Crippen molar-refractivity contribution in [2.75, 3.05) is 13.2 Å². The van der Waals surface area contributed by atoms with E-state index in [1.165, 1.54) is 19.2 Å². The Balaban J connectivity index is 2.48. The van der Waals surface area contributed by atoms with Gasteiger partial charge in [0.2, 0.25) is 0 Å². The van der Waals surface area contributed by atoms with Crippen LogP contribution in [0.15, 0.2) is 28.4 Å². The quantitative estimate of drug-likeness (QED) is 0.386. The van der Waals surface area contributed by atoms with Crippen molar-refractivity contribution in [3.8, 4) is 0 Å². The molecule has 23 heavy (non-hydrogen) atoms. The predicted molar refractivity (Wildman–Crippen MR) is 77.8 cm³/mol. The summed E-state index contributed by atoms with van der Waals surface area (Å²) in [6.07, 6.45) is -0.758. The fraction of sp³-hybridized carbons (Fsp3) is 0.538. The van der Waals surface area contributed by atoms with Crippen LogP contribution < -0.4 is 11.2 Å². The number of nitrogens with one attached hydrogen (secondary N) is 1. The van der Waals surface area contributed by atoms with Crippen LogP contribution in [-0.4, -0.2) is 51.0 Å². The zero-order valence-corrected chi connectivity index (χ0v) is 12.4. The minimum atomic E-state index is -1.36. The maximum absolute atomic E-state index is 12.0.